The fraction of sp³-hybridized carbons (Fsp3) is 0.231. The lowest BCUT2D eigenvalue weighted by atomic mass is 10.1. The second-order valence-corrected chi connectivity index (χ2v) is 8.52. The summed E-state index contributed by atoms with van der Waals surface area (Å²) in [4.78, 5) is 1.06. The van der Waals surface area contributed by atoms with Gasteiger partial charge < -0.3 is 4.74 Å². The molecule has 0 aliphatic rings. The van der Waals surface area contributed by atoms with Gasteiger partial charge in [-0.25, -0.2) is 0 Å². The molecule has 0 aliphatic carbocycles. The van der Waals surface area contributed by atoms with Gasteiger partial charge in [-0.1, -0.05) is 15.9 Å². The van der Waals surface area contributed by atoms with Crippen LogP contribution in [-0.2, 0) is 0 Å². The zero-order valence-corrected chi connectivity index (χ0v) is 16.5. The first-order chi connectivity index (χ1) is 8.93. The van der Waals surface area contributed by atoms with Crippen LogP contribution in [0.15, 0.2) is 30.9 Å². The minimum atomic E-state index is -0.237. The summed E-state index contributed by atoms with van der Waals surface area (Å²) < 4.78 is 8.52. The van der Waals surface area contributed by atoms with Gasteiger partial charge in [-0.05, 0) is 62.5 Å². The third-order valence-corrected chi connectivity index (χ3v) is 7.47. The molecule has 1 aromatic carbocycles. The van der Waals surface area contributed by atoms with E-state index in [1.54, 1.807) is 18.4 Å². The summed E-state index contributed by atoms with van der Waals surface area (Å²) >= 11 is 18.7. The Morgan fingerprint density at radius 1 is 1.16 bits per heavy atom. The highest BCUT2D eigenvalue weighted by Gasteiger charge is 2.20. The van der Waals surface area contributed by atoms with Gasteiger partial charge in [0.15, 0.2) is 0 Å². The molecule has 19 heavy (non-hydrogen) atoms. The molecule has 0 spiro atoms. The number of hydrogen-bond donors (Lipinski definition) is 0. The Morgan fingerprint density at radius 3 is 2.37 bits per heavy atom. The molecule has 2 rings (SSSR count). The van der Waals surface area contributed by atoms with Crippen LogP contribution in [0.5, 0.6) is 5.75 Å². The number of ether oxygens (including phenoxy) is 1. The van der Waals surface area contributed by atoms with Crippen molar-refractivity contribution in [2.24, 2.45) is 0 Å². The first-order valence-corrected chi connectivity index (χ1v) is 9.00. The maximum absolute atomic E-state index is 6.59. The van der Waals surface area contributed by atoms with Gasteiger partial charge in [-0.15, -0.1) is 22.9 Å². The second-order valence-electron chi connectivity index (χ2n) is 3.98. The number of rotatable bonds is 3. The van der Waals surface area contributed by atoms with Crippen LogP contribution in [0, 0.1) is 6.92 Å². The lowest BCUT2D eigenvalue weighted by Gasteiger charge is -2.14. The largest absolute Gasteiger partial charge is 0.496 e. The summed E-state index contributed by atoms with van der Waals surface area (Å²) in [6.45, 7) is 2.03. The summed E-state index contributed by atoms with van der Waals surface area (Å²) in [5, 5.41) is -0.237. The molecule has 0 bridgehead atoms. The van der Waals surface area contributed by atoms with Crippen LogP contribution in [-0.4, -0.2) is 7.11 Å². The molecule has 6 heteroatoms. The monoisotopic (exact) mass is 486 g/mol. The van der Waals surface area contributed by atoms with Crippen LogP contribution in [0.2, 0.25) is 0 Å². The summed E-state index contributed by atoms with van der Waals surface area (Å²) in [5.74, 6) is 0.807. The lowest BCUT2D eigenvalue weighted by Crippen LogP contribution is -1.97. The van der Waals surface area contributed by atoms with E-state index in [-0.39, 0.29) is 5.38 Å². The van der Waals surface area contributed by atoms with Gasteiger partial charge in [0.05, 0.1) is 16.3 Å². The molecule has 0 fully saturated rings. The normalized spacial score (nSPS) is 12.5. The van der Waals surface area contributed by atoms with Crippen molar-refractivity contribution in [1.82, 2.24) is 0 Å². The minimum absolute atomic E-state index is 0.237. The quantitative estimate of drug-likeness (QED) is 0.437. The van der Waals surface area contributed by atoms with Crippen molar-refractivity contribution in [1.29, 1.82) is 0 Å². The SMILES string of the molecule is COc1cc(C)c(Br)cc1C(Cl)c1cc(Br)c(Br)s1. The molecule has 2 aromatic rings. The highest BCUT2D eigenvalue weighted by molar-refractivity contribution is 9.13. The topological polar surface area (TPSA) is 9.23 Å². The number of thiophene rings is 1. The summed E-state index contributed by atoms with van der Waals surface area (Å²) in [7, 11) is 1.66. The molecule has 0 amide bonds. The van der Waals surface area contributed by atoms with E-state index < -0.39 is 0 Å². The molecular formula is C13H10Br3ClOS. The van der Waals surface area contributed by atoms with E-state index in [2.05, 4.69) is 47.8 Å². The van der Waals surface area contributed by atoms with Crippen molar-refractivity contribution < 1.29 is 4.74 Å². The number of halogens is 4. The Kier molecular flexibility index (Phi) is 5.40. The van der Waals surface area contributed by atoms with Crippen molar-refractivity contribution in [3.05, 3.63) is 46.9 Å². The standard InChI is InChI=1S/C13H10Br3ClOS/c1-6-3-10(18-2)7(4-8(6)14)12(17)11-5-9(15)13(16)19-11/h3-5,12H,1-2H3. The highest BCUT2D eigenvalue weighted by Crippen LogP contribution is 2.43. The lowest BCUT2D eigenvalue weighted by molar-refractivity contribution is 0.410. The summed E-state index contributed by atoms with van der Waals surface area (Å²) in [5.41, 5.74) is 2.08. The van der Waals surface area contributed by atoms with Gasteiger partial charge in [0.1, 0.15) is 5.75 Å². The Hall–Kier alpha value is 0.450. The van der Waals surface area contributed by atoms with E-state index in [9.17, 15) is 0 Å². The third kappa shape index (κ3) is 3.38. The molecule has 1 nitrogen and oxygen atoms in total. The van der Waals surface area contributed by atoms with Crippen LogP contribution in [0.3, 0.4) is 0 Å². The molecule has 1 atom stereocenters. The van der Waals surface area contributed by atoms with Gasteiger partial charge in [-0.2, -0.15) is 0 Å². The maximum Gasteiger partial charge on any atom is 0.124 e. The molecule has 0 aliphatic heterocycles. The van der Waals surface area contributed by atoms with Crippen LogP contribution in [0.1, 0.15) is 21.4 Å². The Morgan fingerprint density at radius 2 is 1.84 bits per heavy atom. The molecule has 1 aromatic heterocycles. The smallest absolute Gasteiger partial charge is 0.124 e. The van der Waals surface area contributed by atoms with E-state index in [1.165, 1.54) is 0 Å². The Balaban J connectivity index is 2.48. The van der Waals surface area contributed by atoms with Gasteiger partial charge >= 0.3 is 0 Å². The predicted octanol–water partition coefficient (Wildman–Crippen LogP) is 6.68. The van der Waals surface area contributed by atoms with E-state index in [0.29, 0.717) is 0 Å². The highest BCUT2D eigenvalue weighted by atomic mass is 79.9. The van der Waals surface area contributed by atoms with Crippen LogP contribution in [0.4, 0.5) is 0 Å². The van der Waals surface area contributed by atoms with E-state index in [4.69, 9.17) is 16.3 Å². The molecule has 1 unspecified atom stereocenters. The van der Waals surface area contributed by atoms with Crippen molar-refractivity contribution in [2.75, 3.05) is 7.11 Å². The molecule has 0 saturated carbocycles. The van der Waals surface area contributed by atoms with Crippen molar-refractivity contribution in [3.63, 3.8) is 0 Å². The zero-order valence-electron chi connectivity index (χ0n) is 10.1. The molecule has 0 saturated heterocycles. The first kappa shape index (κ1) is 15.8. The molecule has 1 heterocycles. The van der Waals surface area contributed by atoms with Crippen molar-refractivity contribution >= 4 is 70.7 Å². The van der Waals surface area contributed by atoms with Gasteiger partial charge in [-0.3, -0.25) is 0 Å². The predicted molar refractivity (Wildman–Crippen MR) is 92.8 cm³/mol. The van der Waals surface area contributed by atoms with Gasteiger partial charge in [0.25, 0.3) is 0 Å². The number of aryl methyl sites for hydroxylation is 1. The number of benzene rings is 1. The molecule has 102 valence electrons. The van der Waals surface area contributed by atoms with Gasteiger partial charge in [0, 0.05) is 19.4 Å². The average Bonchev–Trinajstić information content (AvgIpc) is 2.71. The molecular weight excluding hydrogens is 479 g/mol. The number of hydrogen-bond acceptors (Lipinski definition) is 2. The summed E-state index contributed by atoms with van der Waals surface area (Å²) in [6.07, 6.45) is 0. The first-order valence-electron chi connectivity index (χ1n) is 5.37. The minimum Gasteiger partial charge on any atom is -0.496 e. The molecule has 0 radical (unpaired) electrons. The van der Waals surface area contributed by atoms with E-state index in [1.807, 2.05) is 25.1 Å². The van der Waals surface area contributed by atoms with Crippen LogP contribution in [0.25, 0.3) is 0 Å². The van der Waals surface area contributed by atoms with Crippen LogP contribution < -0.4 is 4.74 Å². The van der Waals surface area contributed by atoms with E-state index >= 15 is 0 Å². The van der Waals surface area contributed by atoms with Crippen LogP contribution >= 0.6 is 70.7 Å². The Labute approximate surface area is 146 Å². The average molecular weight is 489 g/mol. The zero-order chi connectivity index (χ0) is 14.2. The number of methoxy groups -OCH3 is 1. The van der Waals surface area contributed by atoms with E-state index in [0.717, 1.165) is 34.5 Å². The molecule has 0 N–H and O–H groups in total. The maximum atomic E-state index is 6.59. The van der Waals surface area contributed by atoms with Crippen molar-refractivity contribution in [3.8, 4) is 5.75 Å². The van der Waals surface area contributed by atoms with Gasteiger partial charge in [0.2, 0.25) is 0 Å². The third-order valence-electron chi connectivity index (χ3n) is 2.70. The van der Waals surface area contributed by atoms with Crippen molar-refractivity contribution in [2.45, 2.75) is 12.3 Å². The summed E-state index contributed by atoms with van der Waals surface area (Å²) in [6, 6.07) is 6.04. The second kappa shape index (κ2) is 6.48. The fourth-order valence-electron chi connectivity index (χ4n) is 1.69. The fourth-order valence-corrected chi connectivity index (χ4v) is 4.50. The number of alkyl halides is 1. The Bertz CT molecular complexity index is 593.